The highest BCUT2D eigenvalue weighted by Gasteiger charge is 2.41. The van der Waals surface area contributed by atoms with Crippen molar-refractivity contribution in [3.05, 3.63) is 0 Å². The summed E-state index contributed by atoms with van der Waals surface area (Å²) in [6, 6.07) is 0. The first-order chi connectivity index (χ1) is 4.25. The highest BCUT2D eigenvalue weighted by molar-refractivity contribution is 5.74. The predicted octanol–water partition coefficient (Wildman–Crippen LogP) is 0.730. The lowest BCUT2D eigenvalue weighted by molar-refractivity contribution is -0.138. The molecular formula is C7H8O2. The number of carboxylic acids is 1. The molecule has 2 atom stereocenters. The minimum atomic E-state index is -0.706. The van der Waals surface area contributed by atoms with Crippen molar-refractivity contribution in [2.24, 2.45) is 11.8 Å². The standard InChI is InChI=1S/C7H8O2/c1-2-3-5-4-6(5)7(8)9/h5-6H,4H2,1H3,(H,8,9)/t5-,6-/m1/s1. The van der Waals surface area contributed by atoms with Crippen LogP contribution < -0.4 is 0 Å². The van der Waals surface area contributed by atoms with Gasteiger partial charge in [0.15, 0.2) is 0 Å². The molecule has 1 saturated carbocycles. The molecule has 0 unspecified atom stereocenters. The van der Waals surface area contributed by atoms with Crippen LogP contribution in [0.4, 0.5) is 0 Å². The molecule has 0 aromatic rings. The van der Waals surface area contributed by atoms with Crippen LogP contribution in [0.1, 0.15) is 13.3 Å². The molecule has 0 aliphatic heterocycles. The third kappa shape index (κ3) is 1.23. The summed E-state index contributed by atoms with van der Waals surface area (Å²) in [5, 5.41) is 8.38. The van der Waals surface area contributed by atoms with Crippen LogP contribution in [0.2, 0.25) is 0 Å². The topological polar surface area (TPSA) is 37.3 Å². The van der Waals surface area contributed by atoms with E-state index in [-0.39, 0.29) is 11.8 Å². The lowest BCUT2D eigenvalue weighted by atomic mass is 10.3. The molecule has 48 valence electrons. The summed E-state index contributed by atoms with van der Waals surface area (Å²) >= 11 is 0. The van der Waals surface area contributed by atoms with Crippen LogP contribution >= 0.6 is 0 Å². The van der Waals surface area contributed by atoms with E-state index < -0.39 is 5.97 Å². The van der Waals surface area contributed by atoms with Gasteiger partial charge in [-0.2, -0.15) is 0 Å². The third-order valence-electron chi connectivity index (χ3n) is 1.44. The van der Waals surface area contributed by atoms with Crippen molar-refractivity contribution in [2.45, 2.75) is 13.3 Å². The SMILES string of the molecule is CC#C[C@@H]1C[C@H]1C(=O)O. The van der Waals surface area contributed by atoms with E-state index >= 15 is 0 Å². The summed E-state index contributed by atoms with van der Waals surface area (Å²) in [6.45, 7) is 1.73. The molecule has 2 nitrogen and oxygen atoms in total. The van der Waals surface area contributed by atoms with Gasteiger partial charge >= 0.3 is 5.97 Å². The van der Waals surface area contributed by atoms with Crippen LogP contribution in [-0.2, 0) is 4.79 Å². The Hall–Kier alpha value is -0.970. The second-order valence-electron chi connectivity index (χ2n) is 2.18. The highest BCUT2D eigenvalue weighted by atomic mass is 16.4. The first kappa shape index (κ1) is 6.15. The highest BCUT2D eigenvalue weighted by Crippen LogP contribution is 2.37. The van der Waals surface area contributed by atoms with Crippen LogP contribution in [0, 0.1) is 23.7 Å². The Morgan fingerprint density at radius 2 is 2.44 bits per heavy atom. The van der Waals surface area contributed by atoms with Gasteiger partial charge in [0.2, 0.25) is 0 Å². The quantitative estimate of drug-likeness (QED) is 0.523. The Labute approximate surface area is 53.9 Å². The molecule has 0 spiro atoms. The molecule has 1 N–H and O–H groups in total. The minimum absolute atomic E-state index is 0.146. The molecule has 0 aromatic carbocycles. The van der Waals surface area contributed by atoms with E-state index in [1.807, 2.05) is 0 Å². The molecule has 1 aliphatic rings. The van der Waals surface area contributed by atoms with Gasteiger partial charge in [-0.15, -0.1) is 5.92 Å². The lowest BCUT2D eigenvalue weighted by Crippen LogP contribution is -1.97. The summed E-state index contributed by atoms with van der Waals surface area (Å²) in [7, 11) is 0. The van der Waals surface area contributed by atoms with E-state index in [2.05, 4.69) is 11.8 Å². The minimum Gasteiger partial charge on any atom is -0.481 e. The number of rotatable bonds is 1. The van der Waals surface area contributed by atoms with E-state index in [4.69, 9.17) is 5.11 Å². The first-order valence-corrected chi connectivity index (χ1v) is 2.90. The van der Waals surface area contributed by atoms with Gasteiger partial charge in [0, 0.05) is 5.92 Å². The van der Waals surface area contributed by atoms with Crippen molar-refractivity contribution in [2.75, 3.05) is 0 Å². The van der Waals surface area contributed by atoms with Gasteiger partial charge in [0.05, 0.1) is 5.92 Å². The van der Waals surface area contributed by atoms with Crippen molar-refractivity contribution in [3.8, 4) is 11.8 Å². The lowest BCUT2D eigenvalue weighted by Gasteiger charge is -1.80. The van der Waals surface area contributed by atoms with Gasteiger partial charge in [0.1, 0.15) is 0 Å². The van der Waals surface area contributed by atoms with Crippen LogP contribution in [0.5, 0.6) is 0 Å². The Morgan fingerprint density at radius 3 is 2.78 bits per heavy atom. The van der Waals surface area contributed by atoms with Crippen LogP contribution in [0.25, 0.3) is 0 Å². The van der Waals surface area contributed by atoms with Gasteiger partial charge in [-0.25, -0.2) is 0 Å². The molecule has 0 heterocycles. The first-order valence-electron chi connectivity index (χ1n) is 2.90. The monoisotopic (exact) mass is 124 g/mol. The molecule has 9 heavy (non-hydrogen) atoms. The van der Waals surface area contributed by atoms with Gasteiger partial charge < -0.3 is 5.11 Å². The average Bonchev–Trinajstić information content (AvgIpc) is 2.47. The van der Waals surface area contributed by atoms with E-state index in [9.17, 15) is 4.79 Å². The Balaban J connectivity index is 2.39. The fourth-order valence-electron chi connectivity index (χ4n) is 0.813. The van der Waals surface area contributed by atoms with Crippen molar-refractivity contribution in [3.63, 3.8) is 0 Å². The zero-order chi connectivity index (χ0) is 6.85. The fourth-order valence-corrected chi connectivity index (χ4v) is 0.813. The van der Waals surface area contributed by atoms with Crippen LogP contribution in [0.15, 0.2) is 0 Å². The van der Waals surface area contributed by atoms with Gasteiger partial charge in [-0.1, -0.05) is 5.92 Å². The fraction of sp³-hybridized carbons (Fsp3) is 0.571. The molecule has 0 aromatic heterocycles. The molecule has 2 heteroatoms. The number of hydrogen-bond acceptors (Lipinski definition) is 1. The number of hydrogen-bond donors (Lipinski definition) is 1. The molecule has 0 radical (unpaired) electrons. The molecule has 0 saturated heterocycles. The number of carbonyl (C=O) groups is 1. The van der Waals surface area contributed by atoms with Crippen LogP contribution in [-0.4, -0.2) is 11.1 Å². The van der Waals surface area contributed by atoms with E-state index in [0.29, 0.717) is 0 Å². The van der Waals surface area contributed by atoms with Crippen molar-refractivity contribution in [1.82, 2.24) is 0 Å². The molecule has 0 bridgehead atoms. The normalized spacial score (nSPS) is 30.3. The van der Waals surface area contributed by atoms with E-state index in [1.54, 1.807) is 6.92 Å². The summed E-state index contributed by atoms with van der Waals surface area (Å²) < 4.78 is 0. The molecule has 1 rings (SSSR count). The maximum atomic E-state index is 10.2. The molecule has 1 fully saturated rings. The van der Waals surface area contributed by atoms with E-state index in [0.717, 1.165) is 6.42 Å². The van der Waals surface area contributed by atoms with Crippen molar-refractivity contribution < 1.29 is 9.90 Å². The Kier molecular flexibility index (Phi) is 1.44. The second kappa shape index (κ2) is 2.10. The molecule has 0 amide bonds. The summed E-state index contributed by atoms with van der Waals surface area (Å²) in [6.07, 6.45) is 0.746. The smallest absolute Gasteiger partial charge is 0.307 e. The summed E-state index contributed by atoms with van der Waals surface area (Å²) in [5.41, 5.74) is 0. The Bertz CT molecular complexity index is 185. The Morgan fingerprint density at radius 1 is 1.78 bits per heavy atom. The zero-order valence-corrected chi connectivity index (χ0v) is 5.22. The summed E-state index contributed by atoms with van der Waals surface area (Å²) in [5.74, 6) is 4.79. The van der Waals surface area contributed by atoms with Crippen molar-refractivity contribution >= 4 is 5.97 Å². The third-order valence-corrected chi connectivity index (χ3v) is 1.44. The van der Waals surface area contributed by atoms with Gasteiger partial charge in [-0.3, -0.25) is 4.79 Å². The molecular weight excluding hydrogens is 116 g/mol. The van der Waals surface area contributed by atoms with Crippen LogP contribution in [0.3, 0.4) is 0 Å². The van der Waals surface area contributed by atoms with Crippen molar-refractivity contribution in [1.29, 1.82) is 0 Å². The molecule has 1 aliphatic carbocycles. The zero-order valence-electron chi connectivity index (χ0n) is 5.22. The summed E-state index contributed by atoms with van der Waals surface area (Å²) in [4.78, 5) is 10.2. The largest absolute Gasteiger partial charge is 0.481 e. The predicted molar refractivity (Wildman–Crippen MR) is 32.7 cm³/mol. The van der Waals surface area contributed by atoms with Gasteiger partial charge in [-0.05, 0) is 13.3 Å². The second-order valence-corrected chi connectivity index (χ2v) is 2.18. The number of carboxylic acid groups (broad SMARTS) is 1. The maximum absolute atomic E-state index is 10.2. The number of aliphatic carboxylic acids is 1. The average molecular weight is 124 g/mol. The van der Waals surface area contributed by atoms with Gasteiger partial charge in [0.25, 0.3) is 0 Å². The van der Waals surface area contributed by atoms with E-state index in [1.165, 1.54) is 0 Å². The maximum Gasteiger partial charge on any atom is 0.307 e.